The average Bonchev–Trinajstić information content (AvgIpc) is 2.77. The van der Waals surface area contributed by atoms with Crippen LogP contribution >= 0.6 is 0 Å². The highest BCUT2D eigenvalue weighted by Crippen LogP contribution is 2.15. The largest absolute Gasteiger partial charge is 0.466 e. The molecular weight excluding hydrogens is 206 g/mol. The number of hydrogen-bond donors (Lipinski definition) is 1. The van der Waals surface area contributed by atoms with E-state index in [0.29, 0.717) is 19.1 Å². The van der Waals surface area contributed by atoms with Gasteiger partial charge in [0.25, 0.3) is 0 Å². The third-order valence-electron chi connectivity index (χ3n) is 2.89. The van der Waals surface area contributed by atoms with Crippen molar-refractivity contribution in [2.45, 2.75) is 26.7 Å². The molecule has 2 unspecified atom stereocenters. The Morgan fingerprint density at radius 1 is 1.62 bits per heavy atom. The minimum absolute atomic E-state index is 0.0558. The topological polar surface area (TPSA) is 47.6 Å². The van der Waals surface area contributed by atoms with Crippen LogP contribution in [0.25, 0.3) is 0 Å². The fourth-order valence-electron chi connectivity index (χ4n) is 1.80. The first-order valence-electron chi connectivity index (χ1n) is 6.19. The minimum Gasteiger partial charge on any atom is -0.466 e. The van der Waals surface area contributed by atoms with Crippen molar-refractivity contribution < 1.29 is 14.3 Å². The lowest BCUT2D eigenvalue weighted by Gasteiger charge is -2.12. The molecule has 0 aromatic heterocycles. The number of esters is 1. The van der Waals surface area contributed by atoms with Crippen molar-refractivity contribution in [1.29, 1.82) is 0 Å². The molecule has 2 atom stereocenters. The Hall–Kier alpha value is -0.610. The van der Waals surface area contributed by atoms with Gasteiger partial charge in [0, 0.05) is 19.8 Å². The molecule has 0 saturated carbocycles. The van der Waals surface area contributed by atoms with Crippen LogP contribution in [0.3, 0.4) is 0 Å². The number of nitrogens with one attached hydrogen (secondary N) is 1. The van der Waals surface area contributed by atoms with Crippen LogP contribution in [0.4, 0.5) is 0 Å². The lowest BCUT2D eigenvalue weighted by Crippen LogP contribution is -2.29. The van der Waals surface area contributed by atoms with Gasteiger partial charge in [0.1, 0.15) is 0 Å². The van der Waals surface area contributed by atoms with E-state index in [0.717, 1.165) is 26.2 Å². The molecule has 1 aliphatic heterocycles. The van der Waals surface area contributed by atoms with E-state index in [1.54, 1.807) is 0 Å². The van der Waals surface area contributed by atoms with E-state index in [9.17, 15) is 4.79 Å². The van der Waals surface area contributed by atoms with Gasteiger partial charge in [-0.15, -0.1) is 0 Å². The summed E-state index contributed by atoms with van der Waals surface area (Å²) in [6.45, 7) is 7.65. The van der Waals surface area contributed by atoms with Crippen LogP contribution in [0.2, 0.25) is 0 Å². The van der Waals surface area contributed by atoms with Gasteiger partial charge in [0.15, 0.2) is 0 Å². The number of carbonyl (C=O) groups excluding carboxylic acids is 1. The van der Waals surface area contributed by atoms with E-state index in [2.05, 4.69) is 5.32 Å². The van der Waals surface area contributed by atoms with Crippen molar-refractivity contribution in [2.24, 2.45) is 11.8 Å². The number of carbonyl (C=O) groups is 1. The summed E-state index contributed by atoms with van der Waals surface area (Å²) in [5.41, 5.74) is 0. The van der Waals surface area contributed by atoms with Gasteiger partial charge in [0.05, 0.1) is 12.5 Å². The summed E-state index contributed by atoms with van der Waals surface area (Å²) in [4.78, 5) is 11.3. The van der Waals surface area contributed by atoms with Gasteiger partial charge < -0.3 is 14.8 Å². The molecule has 1 N–H and O–H groups in total. The molecule has 16 heavy (non-hydrogen) atoms. The van der Waals surface area contributed by atoms with Gasteiger partial charge in [0.2, 0.25) is 0 Å². The highest BCUT2D eigenvalue weighted by atomic mass is 16.5. The molecule has 94 valence electrons. The normalized spacial score (nSPS) is 22.0. The zero-order valence-electron chi connectivity index (χ0n) is 10.3. The highest BCUT2D eigenvalue weighted by molar-refractivity contribution is 5.72. The Kier molecular flexibility index (Phi) is 6.42. The van der Waals surface area contributed by atoms with E-state index >= 15 is 0 Å². The molecule has 4 nitrogen and oxygen atoms in total. The standard InChI is InChI=1S/C12H23NO3/c1-3-16-12(14)10(2)8-13-6-4-11-5-7-15-9-11/h10-11,13H,3-9H2,1-2H3. The van der Waals surface area contributed by atoms with Crippen molar-refractivity contribution in [3.05, 3.63) is 0 Å². The molecule has 1 saturated heterocycles. The van der Waals surface area contributed by atoms with Crippen LogP contribution in [-0.2, 0) is 14.3 Å². The van der Waals surface area contributed by atoms with Gasteiger partial charge in [-0.05, 0) is 32.2 Å². The van der Waals surface area contributed by atoms with E-state index < -0.39 is 0 Å². The fourth-order valence-corrected chi connectivity index (χ4v) is 1.80. The third kappa shape index (κ3) is 4.94. The molecule has 0 amide bonds. The Bertz CT molecular complexity index is 202. The Morgan fingerprint density at radius 3 is 3.06 bits per heavy atom. The fraction of sp³-hybridized carbons (Fsp3) is 0.917. The van der Waals surface area contributed by atoms with Crippen molar-refractivity contribution in [3.63, 3.8) is 0 Å². The summed E-state index contributed by atoms with van der Waals surface area (Å²) >= 11 is 0. The zero-order chi connectivity index (χ0) is 11.8. The first-order chi connectivity index (χ1) is 7.74. The summed E-state index contributed by atoms with van der Waals surface area (Å²) in [5, 5.41) is 3.29. The molecule has 1 aliphatic rings. The summed E-state index contributed by atoms with van der Waals surface area (Å²) in [5.74, 6) is 0.532. The maximum atomic E-state index is 11.3. The van der Waals surface area contributed by atoms with Gasteiger partial charge in [-0.2, -0.15) is 0 Å². The second kappa shape index (κ2) is 7.63. The third-order valence-corrected chi connectivity index (χ3v) is 2.89. The summed E-state index contributed by atoms with van der Waals surface area (Å²) in [6.07, 6.45) is 2.31. The molecule has 1 fully saturated rings. The summed E-state index contributed by atoms with van der Waals surface area (Å²) in [7, 11) is 0. The Labute approximate surface area is 97.7 Å². The lowest BCUT2D eigenvalue weighted by molar-refractivity contribution is -0.147. The average molecular weight is 229 g/mol. The van der Waals surface area contributed by atoms with Crippen LogP contribution in [0.5, 0.6) is 0 Å². The molecule has 0 spiro atoms. The Morgan fingerprint density at radius 2 is 2.44 bits per heavy atom. The van der Waals surface area contributed by atoms with Crippen LogP contribution in [0.15, 0.2) is 0 Å². The molecule has 0 aromatic carbocycles. The molecular formula is C12H23NO3. The lowest BCUT2D eigenvalue weighted by atomic mass is 10.1. The summed E-state index contributed by atoms with van der Waals surface area (Å²) < 4.78 is 10.2. The maximum absolute atomic E-state index is 11.3. The van der Waals surface area contributed by atoms with Crippen LogP contribution in [0, 0.1) is 11.8 Å². The zero-order valence-corrected chi connectivity index (χ0v) is 10.3. The van der Waals surface area contributed by atoms with Crippen molar-refractivity contribution in [3.8, 4) is 0 Å². The van der Waals surface area contributed by atoms with Crippen LogP contribution < -0.4 is 5.32 Å². The predicted octanol–water partition coefficient (Wildman–Crippen LogP) is 1.20. The van der Waals surface area contributed by atoms with Crippen molar-refractivity contribution in [2.75, 3.05) is 32.9 Å². The SMILES string of the molecule is CCOC(=O)C(C)CNCCC1CCOC1. The first kappa shape index (κ1) is 13.5. The predicted molar refractivity (Wildman–Crippen MR) is 62.2 cm³/mol. The number of ether oxygens (including phenoxy) is 2. The monoisotopic (exact) mass is 229 g/mol. The van der Waals surface area contributed by atoms with Gasteiger partial charge >= 0.3 is 5.97 Å². The summed E-state index contributed by atoms with van der Waals surface area (Å²) in [6, 6.07) is 0. The first-order valence-corrected chi connectivity index (χ1v) is 6.19. The van der Waals surface area contributed by atoms with Gasteiger partial charge in [-0.3, -0.25) is 4.79 Å². The van der Waals surface area contributed by atoms with Crippen molar-refractivity contribution in [1.82, 2.24) is 5.32 Å². The van der Waals surface area contributed by atoms with Crippen LogP contribution in [0.1, 0.15) is 26.7 Å². The molecule has 0 aliphatic carbocycles. The van der Waals surface area contributed by atoms with Crippen LogP contribution in [-0.4, -0.2) is 38.9 Å². The Balaban J connectivity index is 1.99. The maximum Gasteiger partial charge on any atom is 0.309 e. The van der Waals surface area contributed by atoms with E-state index in [4.69, 9.17) is 9.47 Å². The van der Waals surface area contributed by atoms with Crippen molar-refractivity contribution >= 4 is 5.97 Å². The molecule has 1 rings (SSSR count). The minimum atomic E-state index is -0.112. The number of rotatable bonds is 7. The molecule has 1 heterocycles. The smallest absolute Gasteiger partial charge is 0.309 e. The molecule has 0 radical (unpaired) electrons. The van der Waals surface area contributed by atoms with E-state index in [-0.39, 0.29) is 11.9 Å². The second-order valence-corrected chi connectivity index (χ2v) is 4.38. The molecule has 0 aromatic rings. The quantitative estimate of drug-likeness (QED) is 0.526. The molecule has 0 bridgehead atoms. The highest BCUT2D eigenvalue weighted by Gasteiger charge is 2.16. The molecule has 4 heteroatoms. The van der Waals surface area contributed by atoms with Gasteiger partial charge in [-0.1, -0.05) is 6.92 Å². The van der Waals surface area contributed by atoms with E-state index in [1.807, 2.05) is 13.8 Å². The van der Waals surface area contributed by atoms with Gasteiger partial charge in [-0.25, -0.2) is 0 Å². The second-order valence-electron chi connectivity index (χ2n) is 4.38. The van der Waals surface area contributed by atoms with E-state index in [1.165, 1.54) is 6.42 Å². The number of hydrogen-bond acceptors (Lipinski definition) is 4.